The van der Waals surface area contributed by atoms with Crippen LogP contribution in [-0.4, -0.2) is 43.0 Å². The monoisotopic (exact) mass is 345 g/mol. The Labute approximate surface area is 147 Å². The summed E-state index contributed by atoms with van der Waals surface area (Å²) in [6.45, 7) is 10.1. The number of rotatable bonds is 4. The fourth-order valence-corrected chi connectivity index (χ4v) is 2.88. The second-order valence-electron chi connectivity index (χ2n) is 7.14. The zero-order valence-electron chi connectivity index (χ0n) is 15.6. The summed E-state index contributed by atoms with van der Waals surface area (Å²) in [6.07, 6.45) is 0. The molecule has 0 atom stereocenters. The highest BCUT2D eigenvalue weighted by Crippen LogP contribution is 2.37. The molecule has 0 saturated carbocycles. The molecule has 1 aromatic carbocycles. The number of aromatic nitrogens is 1. The standard InChI is InChI=1S/C18H24BNO5/c1-7-23-16(21)13-10-11-14(22-6)9-8-12(15(11)20-13)19-24-17(2,3)18(4,5)25-19/h8-10,20H,7H2,1-6H3. The number of carbonyl (C=O) groups is 1. The van der Waals surface area contributed by atoms with E-state index in [1.165, 1.54) is 0 Å². The van der Waals surface area contributed by atoms with Crippen LogP contribution >= 0.6 is 0 Å². The van der Waals surface area contributed by atoms with Crippen LogP contribution in [0.15, 0.2) is 18.2 Å². The van der Waals surface area contributed by atoms with E-state index in [0.717, 1.165) is 16.4 Å². The van der Waals surface area contributed by atoms with E-state index in [-0.39, 0.29) is 0 Å². The highest BCUT2D eigenvalue weighted by molar-refractivity contribution is 6.65. The van der Waals surface area contributed by atoms with Crippen LogP contribution in [0.1, 0.15) is 45.1 Å². The van der Waals surface area contributed by atoms with Crippen molar-refractivity contribution < 1.29 is 23.6 Å². The van der Waals surface area contributed by atoms with Crippen LogP contribution in [0.5, 0.6) is 5.75 Å². The van der Waals surface area contributed by atoms with Gasteiger partial charge in [-0.1, -0.05) is 6.07 Å². The number of nitrogens with one attached hydrogen (secondary N) is 1. The average Bonchev–Trinajstić information content (AvgIpc) is 3.06. The van der Waals surface area contributed by atoms with E-state index >= 15 is 0 Å². The van der Waals surface area contributed by atoms with Gasteiger partial charge in [-0.3, -0.25) is 0 Å². The number of benzene rings is 1. The minimum absolute atomic E-state index is 0.315. The van der Waals surface area contributed by atoms with Crippen LogP contribution in [0, 0.1) is 0 Å². The molecule has 1 saturated heterocycles. The summed E-state index contributed by atoms with van der Waals surface area (Å²) in [4.78, 5) is 15.2. The number of methoxy groups -OCH3 is 1. The molecule has 0 spiro atoms. The third kappa shape index (κ3) is 2.91. The first-order chi connectivity index (χ1) is 11.7. The first kappa shape index (κ1) is 17.8. The van der Waals surface area contributed by atoms with Gasteiger partial charge < -0.3 is 23.8 Å². The zero-order chi connectivity index (χ0) is 18.4. The van der Waals surface area contributed by atoms with Crippen molar-refractivity contribution >= 4 is 29.5 Å². The lowest BCUT2D eigenvalue weighted by Crippen LogP contribution is -2.41. The van der Waals surface area contributed by atoms with Gasteiger partial charge in [-0.25, -0.2) is 4.79 Å². The van der Waals surface area contributed by atoms with Crippen LogP contribution in [0.25, 0.3) is 10.9 Å². The number of hydrogen-bond acceptors (Lipinski definition) is 5. The maximum Gasteiger partial charge on any atom is 0.497 e. The molecule has 1 aromatic heterocycles. The quantitative estimate of drug-likeness (QED) is 0.682. The summed E-state index contributed by atoms with van der Waals surface area (Å²) in [5.74, 6) is 0.266. The lowest BCUT2D eigenvalue weighted by Gasteiger charge is -2.32. The molecular formula is C18H24BNO5. The maximum absolute atomic E-state index is 12.1. The van der Waals surface area contributed by atoms with Crippen molar-refractivity contribution in [2.75, 3.05) is 13.7 Å². The first-order valence-corrected chi connectivity index (χ1v) is 8.42. The second-order valence-corrected chi connectivity index (χ2v) is 7.14. The summed E-state index contributed by atoms with van der Waals surface area (Å²) in [5, 5.41) is 0.790. The summed E-state index contributed by atoms with van der Waals surface area (Å²) in [7, 11) is 1.06. The van der Waals surface area contributed by atoms with Crippen molar-refractivity contribution in [2.45, 2.75) is 45.8 Å². The molecule has 0 bridgehead atoms. The van der Waals surface area contributed by atoms with Gasteiger partial charge in [0.2, 0.25) is 0 Å². The molecule has 0 amide bonds. The topological polar surface area (TPSA) is 69.8 Å². The number of hydrogen-bond donors (Lipinski definition) is 1. The van der Waals surface area contributed by atoms with Gasteiger partial charge in [0.15, 0.2) is 0 Å². The molecule has 7 heteroatoms. The Hall–Kier alpha value is -1.99. The largest absolute Gasteiger partial charge is 0.497 e. The molecule has 6 nitrogen and oxygen atoms in total. The molecule has 134 valence electrons. The van der Waals surface area contributed by atoms with E-state index in [4.69, 9.17) is 18.8 Å². The lowest BCUT2D eigenvalue weighted by molar-refractivity contribution is 0.00578. The van der Waals surface area contributed by atoms with Crippen LogP contribution in [0.2, 0.25) is 0 Å². The molecule has 1 aliphatic rings. The first-order valence-electron chi connectivity index (χ1n) is 8.42. The normalized spacial score (nSPS) is 18.6. The van der Waals surface area contributed by atoms with Crippen LogP contribution < -0.4 is 10.2 Å². The van der Waals surface area contributed by atoms with Crippen molar-refractivity contribution in [1.29, 1.82) is 0 Å². The van der Waals surface area contributed by atoms with Gasteiger partial charge in [0.1, 0.15) is 11.4 Å². The van der Waals surface area contributed by atoms with Crippen LogP contribution in [-0.2, 0) is 14.0 Å². The minimum atomic E-state index is -0.535. The van der Waals surface area contributed by atoms with E-state index < -0.39 is 24.3 Å². The minimum Gasteiger partial charge on any atom is -0.496 e. The number of aromatic amines is 1. The van der Waals surface area contributed by atoms with Gasteiger partial charge in [0.05, 0.1) is 24.9 Å². The summed E-state index contributed by atoms with van der Waals surface area (Å²) in [6, 6.07) is 5.49. The summed E-state index contributed by atoms with van der Waals surface area (Å²) in [5.41, 5.74) is 1.06. The zero-order valence-corrected chi connectivity index (χ0v) is 15.6. The molecule has 1 fully saturated rings. The fraction of sp³-hybridized carbons (Fsp3) is 0.500. The number of fused-ring (bicyclic) bond motifs is 1. The average molecular weight is 345 g/mol. The SMILES string of the molecule is CCOC(=O)c1cc2c(OC)ccc(B3OC(C)(C)C(C)(C)O3)c2[nH]1. The molecule has 1 N–H and O–H groups in total. The lowest BCUT2D eigenvalue weighted by atomic mass is 9.78. The predicted molar refractivity (Wildman–Crippen MR) is 96.5 cm³/mol. The van der Waals surface area contributed by atoms with Crippen molar-refractivity contribution in [3.05, 3.63) is 23.9 Å². The Bertz CT molecular complexity index is 795. The molecule has 1 aliphatic heterocycles. The summed E-state index contributed by atoms with van der Waals surface area (Å²) < 4.78 is 22.8. The van der Waals surface area contributed by atoms with Crippen LogP contribution in [0.4, 0.5) is 0 Å². The van der Waals surface area contributed by atoms with Gasteiger partial charge in [-0.05, 0) is 46.8 Å². The van der Waals surface area contributed by atoms with Crippen molar-refractivity contribution in [3.8, 4) is 5.75 Å². The Morgan fingerprint density at radius 2 is 1.84 bits per heavy atom. The van der Waals surface area contributed by atoms with Gasteiger partial charge >= 0.3 is 13.1 Å². The number of carbonyl (C=O) groups excluding carboxylic acids is 1. The second kappa shape index (κ2) is 6.07. The smallest absolute Gasteiger partial charge is 0.496 e. The summed E-state index contributed by atoms with van der Waals surface area (Å²) >= 11 is 0. The van der Waals surface area contributed by atoms with Gasteiger partial charge in [-0.2, -0.15) is 0 Å². The van der Waals surface area contributed by atoms with Crippen LogP contribution in [0.3, 0.4) is 0 Å². The molecule has 0 unspecified atom stereocenters. The highest BCUT2D eigenvalue weighted by atomic mass is 16.7. The van der Waals surface area contributed by atoms with E-state index in [0.29, 0.717) is 18.1 Å². The number of H-pyrrole nitrogens is 1. The maximum atomic E-state index is 12.1. The third-order valence-corrected chi connectivity index (χ3v) is 5.01. The van der Waals surface area contributed by atoms with E-state index in [2.05, 4.69) is 4.98 Å². The van der Waals surface area contributed by atoms with Gasteiger partial charge in [-0.15, -0.1) is 0 Å². The van der Waals surface area contributed by atoms with Gasteiger partial charge in [0, 0.05) is 16.4 Å². The Kier molecular flexibility index (Phi) is 4.33. The van der Waals surface area contributed by atoms with Gasteiger partial charge in [0.25, 0.3) is 0 Å². The predicted octanol–water partition coefficient (Wildman–Crippen LogP) is 2.65. The van der Waals surface area contributed by atoms with Crippen molar-refractivity contribution in [3.63, 3.8) is 0 Å². The van der Waals surface area contributed by atoms with Crippen molar-refractivity contribution in [1.82, 2.24) is 4.98 Å². The molecule has 25 heavy (non-hydrogen) atoms. The number of ether oxygens (including phenoxy) is 2. The third-order valence-electron chi connectivity index (χ3n) is 5.01. The molecule has 0 radical (unpaired) electrons. The fourth-order valence-electron chi connectivity index (χ4n) is 2.88. The van der Waals surface area contributed by atoms with E-state index in [1.807, 2.05) is 39.8 Å². The Morgan fingerprint density at radius 3 is 2.40 bits per heavy atom. The highest BCUT2D eigenvalue weighted by Gasteiger charge is 2.52. The van der Waals surface area contributed by atoms with Crippen molar-refractivity contribution in [2.24, 2.45) is 0 Å². The molecule has 3 rings (SSSR count). The molecular weight excluding hydrogens is 321 g/mol. The molecule has 2 heterocycles. The Morgan fingerprint density at radius 1 is 1.20 bits per heavy atom. The molecule has 0 aliphatic carbocycles. The van der Waals surface area contributed by atoms with E-state index in [1.54, 1.807) is 20.1 Å². The molecule has 2 aromatic rings. The number of esters is 1. The van der Waals surface area contributed by atoms with E-state index in [9.17, 15) is 4.79 Å². The Balaban J connectivity index is 2.09.